The number of carbonyl (C=O) groups excluding carboxylic acids is 1. The molecule has 1 amide bonds. The Labute approximate surface area is 199 Å². The van der Waals surface area contributed by atoms with E-state index in [0.717, 1.165) is 37.2 Å². The predicted octanol–water partition coefficient (Wildman–Crippen LogP) is 2.82. The fourth-order valence-corrected chi connectivity index (χ4v) is 4.04. The molecule has 3 rings (SSSR count). The number of guanidine groups is 1. The monoisotopic (exact) mass is 543 g/mol. The number of benzene rings is 1. The van der Waals surface area contributed by atoms with Crippen molar-refractivity contribution in [2.75, 3.05) is 38.7 Å². The molecule has 2 heterocycles. The van der Waals surface area contributed by atoms with Crippen molar-refractivity contribution in [2.24, 2.45) is 4.99 Å². The Hall–Kier alpha value is -2.01. The van der Waals surface area contributed by atoms with E-state index in [1.165, 1.54) is 5.00 Å². The molecule has 1 saturated heterocycles. The summed E-state index contributed by atoms with van der Waals surface area (Å²) >= 11 is 1.78. The summed E-state index contributed by atoms with van der Waals surface area (Å²) < 4.78 is 5.14. The minimum absolute atomic E-state index is 0. The molecule has 1 aliphatic heterocycles. The Morgan fingerprint density at radius 2 is 1.93 bits per heavy atom. The third kappa shape index (κ3) is 7.35. The van der Waals surface area contributed by atoms with Crippen molar-refractivity contribution in [3.63, 3.8) is 0 Å². The van der Waals surface area contributed by atoms with Crippen molar-refractivity contribution in [1.29, 1.82) is 0 Å². The van der Waals surface area contributed by atoms with Gasteiger partial charge in [0.15, 0.2) is 5.96 Å². The van der Waals surface area contributed by atoms with Crippen LogP contribution in [0, 0.1) is 0 Å². The number of carbonyl (C=O) groups is 1. The minimum Gasteiger partial charge on any atom is -0.497 e. The molecule has 0 saturated carbocycles. The first-order valence-corrected chi connectivity index (χ1v) is 10.7. The minimum atomic E-state index is -0.0729. The molecule has 1 aromatic carbocycles. The van der Waals surface area contributed by atoms with Crippen LogP contribution in [0.5, 0.6) is 5.75 Å². The van der Waals surface area contributed by atoms with Gasteiger partial charge in [-0.2, -0.15) is 0 Å². The number of nitrogens with zero attached hydrogens (tertiary/aromatic N) is 2. The van der Waals surface area contributed by atoms with Crippen molar-refractivity contribution in [2.45, 2.75) is 25.4 Å². The number of methoxy groups -OCH3 is 1. The molecule has 30 heavy (non-hydrogen) atoms. The van der Waals surface area contributed by atoms with E-state index in [2.05, 4.69) is 43.4 Å². The number of nitrogens with one attached hydrogen (secondary N) is 3. The summed E-state index contributed by atoms with van der Waals surface area (Å²) in [4.78, 5) is 18.8. The molecule has 9 heteroatoms. The Morgan fingerprint density at radius 3 is 2.53 bits per heavy atom. The highest BCUT2D eigenvalue weighted by molar-refractivity contribution is 14.0. The van der Waals surface area contributed by atoms with Gasteiger partial charge in [0.1, 0.15) is 5.75 Å². The number of aliphatic imine (C=N–C) groups is 1. The number of hydrogen-bond acceptors (Lipinski definition) is 5. The molecule has 1 aromatic heterocycles. The van der Waals surface area contributed by atoms with Crippen molar-refractivity contribution in [1.82, 2.24) is 16.0 Å². The lowest BCUT2D eigenvalue weighted by Gasteiger charge is -2.33. The van der Waals surface area contributed by atoms with E-state index in [4.69, 9.17) is 4.74 Å². The average molecular weight is 543 g/mol. The number of rotatable bonds is 7. The van der Waals surface area contributed by atoms with Crippen LogP contribution in [0.15, 0.2) is 46.8 Å². The van der Waals surface area contributed by atoms with E-state index in [0.29, 0.717) is 18.5 Å². The van der Waals surface area contributed by atoms with Crippen LogP contribution in [-0.4, -0.2) is 51.7 Å². The van der Waals surface area contributed by atoms with Crippen LogP contribution >= 0.6 is 35.3 Å². The quantitative estimate of drug-likeness (QED) is 0.285. The first kappa shape index (κ1) is 24.3. The van der Waals surface area contributed by atoms with Gasteiger partial charge in [0.05, 0.1) is 18.7 Å². The summed E-state index contributed by atoms with van der Waals surface area (Å²) in [6.07, 6.45) is 2.09. The van der Waals surface area contributed by atoms with Gasteiger partial charge < -0.3 is 25.6 Å². The zero-order valence-corrected chi connectivity index (χ0v) is 20.5. The zero-order valence-electron chi connectivity index (χ0n) is 17.4. The van der Waals surface area contributed by atoms with Gasteiger partial charge in [-0.1, -0.05) is 12.1 Å². The first-order valence-electron chi connectivity index (χ1n) is 9.83. The highest BCUT2D eigenvalue weighted by Gasteiger charge is 2.20. The van der Waals surface area contributed by atoms with Crippen LogP contribution in [0.1, 0.15) is 18.4 Å². The van der Waals surface area contributed by atoms with Gasteiger partial charge >= 0.3 is 0 Å². The van der Waals surface area contributed by atoms with E-state index >= 15 is 0 Å². The maximum Gasteiger partial charge on any atom is 0.239 e. The highest BCUT2D eigenvalue weighted by Crippen LogP contribution is 2.24. The van der Waals surface area contributed by atoms with Gasteiger partial charge in [-0.15, -0.1) is 35.3 Å². The Balaban J connectivity index is 0.00000320. The van der Waals surface area contributed by atoms with Gasteiger partial charge in [0.25, 0.3) is 0 Å². The molecule has 0 unspecified atom stereocenters. The molecule has 0 bridgehead atoms. The molecule has 0 atom stereocenters. The Bertz CT molecular complexity index is 790. The number of halogens is 1. The molecule has 3 N–H and O–H groups in total. The summed E-state index contributed by atoms with van der Waals surface area (Å²) in [5, 5.41) is 12.9. The highest BCUT2D eigenvalue weighted by atomic mass is 127. The molecular weight excluding hydrogens is 513 g/mol. The fourth-order valence-electron chi connectivity index (χ4n) is 3.25. The van der Waals surface area contributed by atoms with E-state index < -0.39 is 0 Å². The normalized spacial score (nSPS) is 14.6. The largest absolute Gasteiger partial charge is 0.497 e. The lowest BCUT2D eigenvalue weighted by atomic mass is 10.1. The number of hydrogen-bond donors (Lipinski definition) is 3. The standard InChI is InChI=1S/C21H29N5O2S.HI/c1-22-21(25-17-9-11-26(12-10-17)20-4-3-13-29-20)24-15-19(27)23-14-16-5-7-18(28-2)8-6-16;/h3-8,13,17H,9-12,14-15H2,1-2H3,(H,23,27)(H2,22,24,25);1H. The van der Waals surface area contributed by atoms with Crippen molar-refractivity contribution >= 4 is 52.2 Å². The molecule has 1 fully saturated rings. The second-order valence-electron chi connectivity index (χ2n) is 6.91. The van der Waals surface area contributed by atoms with Gasteiger partial charge in [-0.25, -0.2) is 0 Å². The van der Waals surface area contributed by atoms with Crippen LogP contribution < -0.4 is 25.6 Å². The summed E-state index contributed by atoms with van der Waals surface area (Å²) in [7, 11) is 3.36. The average Bonchev–Trinajstić information content (AvgIpc) is 3.31. The van der Waals surface area contributed by atoms with Crippen molar-refractivity contribution < 1.29 is 9.53 Å². The van der Waals surface area contributed by atoms with Crippen LogP contribution in [-0.2, 0) is 11.3 Å². The summed E-state index contributed by atoms with van der Waals surface area (Å²) in [5.74, 6) is 1.40. The zero-order chi connectivity index (χ0) is 20.5. The number of ether oxygens (including phenoxy) is 1. The SMILES string of the molecule is CN=C(NCC(=O)NCc1ccc(OC)cc1)NC1CCN(c2cccs2)CC1.I. The summed E-state index contributed by atoms with van der Waals surface area (Å²) in [5.41, 5.74) is 1.03. The van der Waals surface area contributed by atoms with E-state index in [1.807, 2.05) is 24.3 Å². The number of thiophene rings is 1. The molecule has 0 aliphatic carbocycles. The van der Waals surface area contributed by atoms with Crippen LogP contribution in [0.3, 0.4) is 0 Å². The number of anilines is 1. The fraction of sp³-hybridized carbons (Fsp3) is 0.429. The number of piperidine rings is 1. The van der Waals surface area contributed by atoms with E-state index in [-0.39, 0.29) is 36.4 Å². The summed E-state index contributed by atoms with van der Waals surface area (Å²) in [6.45, 7) is 2.72. The molecule has 164 valence electrons. The second kappa shape index (κ2) is 12.6. The van der Waals surface area contributed by atoms with Crippen LogP contribution in [0.25, 0.3) is 0 Å². The van der Waals surface area contributed by atoms with Gasteiger partial charge in [0, 0.05) is 32.7 Å². The molecule has 0 radical (unpaired) electrons. The van der Waals surface area contributed by atoms with Crippen LogP contribution in [0.2, 0.25) is 0 Å². The second-order valence-corrected chi connectivity index (χ2v) is 7.83. The smallest absolute Gasteiger partial charge is 0.239 e. The van der Waals surface area contributed by atoms with Crippen LogP contribution in [0.4, 0.5) is 5.00 Å². The lowest BCUT2D eigenvalue weighted by Crippen LogP contribution is -2.50. The van der Waals surface area contributed by atoms with Crippen molar-refractivity contribution in [3.05, 3.63) is 47.3 Å². The maximum absolute atomic E-state index is 12.1. The maximum atomic E-state index is 12.1. The molecule has 0 spiro atoms. The van der Waals surface area contributed by atoms with Crippen molar-refractivity contribution in [3.8, 4) is 5.75 Å². The molecular formula is C21H30IN5O2S. The first-order chi connectivity index (χ1) is 14.2. The van der Waals surface area contributed by atoms with Gasteiger partial charge in [-0.05, 0) is 48.1 Å². The van der Waals surface area contributed by atoms with E-state index in [1.54, 1.807) is 25.5 Å². The topological polar surface area (TPSA) is 78.0 Å². The molecule has 2 aromatic rings. The predicted molar refractivity (Wildman–Crippen MR) is 134 cm³/mol. The Kier molecular flexibility index (Phi) is 10.2. The third-order valence-electron chi connectivity index (χ3n) is 4.94. The van der Waals surface area contributed by atoms with E-state index in [9.17, 15) is 4.79 Å². The van der Waals surface area contributed by atoms with Gasteiger partial charge in [-0.3, -0.25) is 9.79 Å². The molecule has 7 nitrogen and oxygen atoms in total. The Morgan fingerprint density at radius 1 is 1.20 bits per heavy atom. The molecule has 1 aliphatic rings. The number of amides is 1. The summed E-state index contributed by atoms with van der Waals surface area (Å²) in [6, 6.07) is 12.3. The lowest BCUT2D eigenvalue weighted by molar-refractivity contribution is -0.120. The third-order valence-corrected chi connectivity index (χ3v) is 5.87. The van der Waals surface area contributed by atoms with Gasteiger partial charge in [0.2, 0.25) is 5.91 Å².